The molecule has 2 atom stereocenters. The zero-order chi connectivity index (χ0) is 16.3. The minimum Gasteiger partial charge on any atom is -0.355 e. The molecule has 1 amide bonds. The van der Waals surface area contributed by atoms with Crippen molar-refractivity contribution in [1.29, 1.82) is 0 Å². The van der Waals surface area contributed by atoms with Gasteiger partial charge in [0.25, 0.3) is 0 Å². The van der Waals surface area contributed by atoms with Gasteiger partial charge in [-0.2, -0.15) is 0 Å². The second-order valence-corrected chi connectivity index (χ2v) is 9.95. The van der Waals surface area contributed by atoms with Crippen molar-refractivity contribution >= 4 is 27.5 Å². The number of hydrogen-bond acceptors (Lipinski definition) is 4. The molecule has 1 heterocycles. The molecule has 6 heteroatoms. The van der Waals surface area contributed by atoms with Crippen molar-refractivity contribution in [3.05, 3.63) is 35.4 Å². The summed E-state index contributed by atoms with van der Waals surface area (Å²) in [6.45, 7) is 0.680. The Labute approximate surface area is 142 Å². The Morgan fingerprint density at radius 3 is 2.87 bits per heavy atom. The molecule has 1 saturated heterocycles. The number of carbonyl (C=O) groups is 1. The highest BCUT2D eigenvalue weighted by Gasteiger charge is 2.28. The van der Waals surface area contributed by atoms with E-state index in [2.05, 4.69) is 29.6 Å². The van der Waals surface area contributed by atoms with Crippen LogP contribution in [0.4, 0.5) is 0 Å². The summed E-state index contributed by atoms with van der Waals surface area (Å²) in [5.41, 5.74) is 2.78. The van der Waals surface area contributed by atoms with Gasteiger partial charge < -0.3 is 5.32 Å². The summed E-state index contributed by atoms with van der Waals surface area (Å²) >= 11 is 1.48. The molecule has 4 nitrogen and oxygen atoms in total. The molecule has 1 aliphatic carbocycles. The van der Waals surface area contributed by atoms with Gasteiger partial charge in [-0.15, -0.1) is 11.8 Å². The van der Waals surface area contributed by atoms with E-state index >= 15 is 0 Å². The molecule has 0 spiro atoms. The van der Waals surface area contributed by atoms with Gasteiger partial charge in [-0.1, -0.05) is 24.3 Å². The summed E-state index contributed by atoms with van der Waals surface area (Å²) in [6.07, 6.45) is 4.10. The molecule has 23 heavy (non-hydrogen) atoms. The normalized spacial score (nSPS) is 25.7. The smallest absolute Gasteiger partial charge is 0.230 e. The van der Waals surface area contributed by atoms with Crippen LogP contribution in [-0.2, 0) is 21.1 Å². The lowest BCUT2D eigenvalue weighted by atomic mass is 9.83. The maximum Gasteiger partial charge on any atom is 0.230 e. The van der Waals surface area contributed by atoms with Crippen LogP contribution in [0, 0.1) is 0 Å². The maximum atomic E-state index is 12.0. The molecular formula is C17H23NO3S2. The van der Waals surface area contributed by atoms with Crippen LogP contribution in [0.2, 0.25) is 0 Å². The Hall–Kier alpha value is -1.01. The molecule has 1 aromatic rings. The standard InChI is InChI=1S/C17H23NO3S2/c19-17(11-22-15-8-9-23(20,21)12-15)18-10-14-6-3-5-13-4-1-2-7-16(13)14/h1-2,4,7,14-15H,3,5-6,8-12H2,(H,18,19). The summed E-state index contributed by atoms with van der Waals surface area (Å²) in [4.78, 5) is 12.0. The highest BCUT2D eigenvalue weighted by molar-refractivity contribution is 8.02. The van der Waals surface area contributed by atoms with Gasteiger partial charge in [0, 0.05) is 17.7 Å². The van der Waals surface area contributed by atoms with Crippen molar-refractivity contribution in [3.8, 4) is 0 Å². The Bertz CT molecular complexity index is 672. The van der Waals surface area contributed by atoms with E-state index in [0.717, 1.165) is 12.8 Å². The number of sulfone groups is 1. The molecule has 3 rings (SSSR count). The molecule has 2 aliphatic rings. The van der Waals surface area contributed by atoms with Crippen molar-refractivity contribution in [2.75, 3.05) is 23.8 Å². The first-order chi connectivity index (χ1) is 11.0. The molecule has 1 fully saturated rings. The first-order valence-corrected chi connectivity index (χ1v) is 11.1. The molecule has 1 aromatic carbocycles. The SMILES string of the molecule is O=C(CSC1CCS(=O)(=O)C1)NCC1CCCc2ccccc21. The molecule has 0 bridgehead atoms. The first kappa shape index (κ1) is 16.8. The number of thioether (sulfide) groups is 1. The van der Waals surface area contributed by atoms with E-state index in [0.29, 0.717) is 24.6 Å². The molecule has 126 valence electrons. The lowest BCUT2D eigenvalue weighted by Crippen LogP contribution is -2.31. The average Bonchev–Trinajstić information content (AvgIpc) is 2.90. The number of benzene rings is 1. The van der Waals surface area contributed by atoms with Crippen LogP contribution < -0.4 is 5.32 Å². The lowest BCUT2D eigenvalue weighted by Gasteiger charge is -2.25. The van der Waals surface area contributed by atoms with Crippen molar-refractivity contribution in [3.63, 3.8) is 0 Å². The van der Waals surface area contributed by atoms with Gasteiger partial charge in [0.1, 0.15) is 0 Å². The molecular weight excluding hydrogens is 330 g/mol. The second kappa shape index (κ2) is 7.26. The number of amides is 1. The topological polar surface area (TPSA) is 63.2 Å². The predicted molar refractivity (Wildman–Crippen MR) is 94.6 cm³/mol. The molecule has 1 N–H and O–H groups in total. The fraction of sp³-hybridized carbons (Fsp3) is 0.588. The van der Waals surface area contributed by atoms with Gasteiger partial charge in [0.05, 0.1) is 17.3 Å². The van der Waals surface area contributed by atoms with Crippen molar-refractivity contribution in [1.82, 2.24) is 5.32 Å². The summed E-state index contributed by atoms with van der Waals surface area (Å²) in [5.74, 6) is 1.27. The van der Waals surface area contributed by atoms with Crippen LogP contribution in [0.25, 0.3) is 0 Å². The third-order valence-corrected chi connectivity index (χ3v) is 7.96. The monoisotopic (exact) mass is 353 g/mol. The van der Waals surface area contributed by atoms with Crippen LogP contribution in [0.15, 0.2) is 24.3 Å². The van der Waals surface area contributed by atoms with Gasteiger partial charge in [-0.3, -0.25) is 4.79 Å². The third kappa shape index (κ3) is 4.51. The molecule has 0 saturated carbocycles. The van der Waals surface area contributed by atoms with Crippen LogP contribution in [0.5, 0.6) is 0 Å². The van der Waals surface area contributed by atoms with Crippen LogP contribution in [0.1, 0.15) is 36.3 Å². The number of fused-ring (bicyclic) bond motifs is 1. The molecule has 2 unspecified atom stereocenters. The lowest BCUT2D eigenvalue weighted by molar-refractivity contribution is -0.118. The van der Waals surface area contributed by atoms with E-state index in [1.807, 2.05) is 0 Å². The summed E-state index contributed by atoms with van der Waals surface area (Å²) in [5, 5.41) is 3.11. The first-order valence-electron chi connectivity index (χ1n) is 8.20. The minimum atomic E-state index is -2.86. The molecule has 0 aromatic heterocycles. The van der Waals surface area contributed by atoms with E-state index in [-0.39, 0.29) is 22.7 Å². The third-order valence-electron chi connectivity index (χ3n) is 4.68. The van der Waals surface area contributed by atoms with E-state index in [1.54, 1.807) is 0 Å². The van der Waals surface area contributed by atoms with Crippen molar-refractivity contribution in [2.45, 2.75) is 36.9 Å². The van der Waals surface area contributed by atoms with E-state index in [1.165, 1.54) is 29.3 Å². The highest BCUT2D eigenvalue weighted by atomic mass is 32.2. The van der Waals surface area contributed by atoms with Crippen LogP contribution >= 0.6 is 11.8 Å². The number of rotatable bonds is 5. The minimum absolute atomic E-state index is 0.0161. The Balaban J connectivity index is 1.45. The molecule has 0 radical (unpaired) electrons. The second-order valence-electron chi connectivity index (χ2n) is 6.43. The van der Waals surface area contributed by atoms with E-state index < -0.39 is 9.84 Å². The molecule has 1 aliphatic heterocycles. The van der Waals surface area contributed by atoms with Gasteiger partial charge in [0.15, 0.2) is 9.84 Å². The van der Waals surface area contributed by atoms with E-state index in [4.69, 9.17) is 0 Å². The zero-order valence-electron chi connectivity index (χ0n) is 13.2. The summed E-state index contributed by atoms with van der Waals surface area (Å²) in [7, 11) is -2.86. The average molecular weight is 354 g/mol. The maximum absolute atomic E-state index is 12.0. The summed E-state index contributed by atoms with van der Waals surface area (Å²) < 4.78 is 22.8. The Kier molecular flexibility index (Phi) is 5.31. The quantitative estimate of drug-likeness (QED) is 0.881. The Morgan fingerprint density at radius 1 is 1.26 bits per heavy atom. The fourth-order valence-electron chi connectivity index (χ4n) is 3.44. The predicted octanol–water partition coefficient (Wildman–Crippen LogP) is 2.14. The van der Waals surface area contributed by atoms with Gasteiger partial charge in [0.2, 0.25) is 5.91 Å². The fourth-order valence-corrected chi connectivity index (χ4v) is 6.91. The van der Waals surface area contributed by atoms with Gasteiger partial charge >= 0.3 is 0 Å². The summed E-state index contributed by atoms with van der Waals surface area (Å²) in [6, 6.07) is 8.49. The van der Waals surface area contributed by atoms with Gasteiger partial charge in [-0.05, 0) is 36.8 Å². The zero-order valence-corrected chi connectivity index (χ0v) is 14.8. The number of hydrogen-bond donors (Lipinski definition) is 1. The van der Waals surface area contributed by atoms with Crippen molar-refractivity contribution in [2.24, 2.45) is 0 Å². The number of carbonyl (C=O) groups excluding carboxylic acids is 1. The van der Waals surface area contributed by atoms with Crippen molar-refractivity contribution < 1.29 is 13.2 Å². The van der Waals surface area contributed by atoms with Crippen LogP contribution in [-0.4, -0.2) is 43.4 Å². The largest absolute Gasteiger partial charge is 0.355 e. The highest BCUT2D eigenvalue weighted by Crippen LogP contribution is 2.31. The Morgan fingerprint density at radius 2 is 2.09 bits per heavy atom. The number of aryl methyl sites for hydroxylation is 1. The van der Waals surface area contributed by atoms with Crippen LogP contribution in [0.3, 0.4) is 0 Å². The number of nitrogens with one attached hydrogen (secondary N) is 1. The van der Waals surface area contributed by atoms with Gasteiger partial charge in [-0.25, -0.2) is 8.42 Å². The van der Waals surface area contributed by atoms with E-state index in [9.17, 15) is 13.2 Å².